The van der Waals surface area contributed by atoms with E-state index in [0.29, 0.717) is 18.4 Å². The van der Waals surface area contributed by atoms with Gasteiger partial charge in [-0.25, -0.2) is 0 Å². The number of hydrogen-bond donors (Lipinski definition) is 1. The van der Waals surface area contributed by atoms with Gasteiger partial charge < -0.3 is 10.2 Å². The number of carbonyl (C=O) groups is 2. The monoisotopic (exact) mass is 254 g/mol. The Bertz CT molecular complexity index is 326. The normalized spacial score (nSPS) is 24.2. The van der Waals surface area contributed by atoms with Crippen molar-refractivity contribution < 1.29 is 9.59 Å². The van der Waals surface area contributed by atoms with Gasteiger partial charge in [0.2, 0.25) is 11.8 Å². The Labute approximate surface area is 110 Å². The predicted octanol–water partition coefficient (Wildman–Crippen LogP) is 1.65. The van der Waals surface area contributed by atoms with Crippen LogP contribution in [0.15, 0.2) is 0 Å². The molecule has 0 spiro atoms. The smallest absolute Gasteiger partial charge is 0.239 e. The number of hydrogen-bond acceptors (Lipinski definition) is 2. The Hall–Kier alpha value is -1.06. The summed E-state index contributed by atoms with van der Waals surface area (Å²) in [6.45, 7) is 9.43. The lowest BCUT2D eigenvalue weighted by molar-refractivity contribution is -0.141. The van der Waals surface area contributed by atoms with Gasteiger partial charge in [-0.1, -0.05) is 27.7 Å². The minimum absolute atomic E-state index is 0.0903. The van der Waals surface area contributed by atoms with Crippen molar-refractivity contribution in [3.05, 3.63) is 0 Å². The molecule has 0 aromatic carbocycles. The molecular weight excluding hydrogens is 228 g/mol. The molecule has 1 fully saturated rings. The van der Waals surface area contributed by atoms with Gasteiger partial charge in [0.1, 0.15) is 0 Å². The molecule has 1 aliphatic heterocycles. The molecular formula is C14H26N2O2. The van der Waals surface area contributed by atoms with E-state index in [4.69, 9.17) is 0 Å². The van der Waals surface area contributed by atoms with E-state index in [9.17, 15) is 9.59 Å². The SMILES string of the molecule is CNC(=O)CN1CCC(CC(C)C)(C(C)C)C1=O. The summed E-state index contributed by atoms with van der Waals surface area (Å²) in [5.74, 6) is 0.889. The van der Waals surface area contributed by atoms with Crippen molar-refractivity contribution in [3.63, 3.8) is 0 Å². The third-order valence-electron chi connectivity index (χ3n) is 4.03. The van der Waals surface area contributed by atoms with E-state index in [2.05, 4.69) is 33.0 Å². The van der Waals surface area contributed by atoms with E-state index in [0.717, 1.165) is 12.8 Å². The number of likely N-dealkylation sites (N-methyl/N-ethyl adjacent to an activating group) is 1. The molecule has 2 amide bonds. The Morgan fingerprint density at radius 1 is 1.39 bits per heavy atom. The van der Waals surface area contributed by atoms with E-state index >= 15 is 0 Å². The first-order valence-electron chi connectivity index (χ1n) is 6.83. The maximum atomic E-state index is 12.6. The molecule has 0 saturated carbocycles. The van der Waals surface area contributed by atoms with E-state index in [1.54, 1.807) is 11.9 Å². The summed E-state index contributed by atoms with van der Waals surface area (Å²) < 4.78 is 0. The molecule has 104 valence electrons. The van der Waals surface area contributed by atoms with E-state index in [1.807, 2.05) is 0 Å². The zero-order chi connectivity index (χ0) is 13.9. The van der Waals surface area contributed by atoms with Crippen LogP contribution in [-0.4, -0.2) is 36.9 Å². The minimum Gasteiger partial charge on any atom is -0.358 e. The summed E-state index contributed by atoms with van der Waals surface area (Å²) in [4.78, 5) is 25.7. The van der Waals surface area contributed by atoms with Crippen LogP contribution >= 0.6 is 0 Å². The quantitative estimate of drug-likeness (QED) is 0.811. The molecule has 18 heavy (non-hydrogen) atoms. The van der Waals surface area contributed by atoms with Crippen LogP contribution in [0.1, 0.15) is 40.5 Å². The largest absolute Gasteiger partial charge is 0.358 e. The molecule has 0 aromatic heterocycles. The molecule has 1 atom stereocenters. The van der Waals surface area contributed by atoms with E-state index < -0.39 is 0 Å². The van der Waals surface area contributed by atoms with Crippen molar-refractivity contribution in [3.8, 4) is 0 Å². The zero-order valence-corrected chi connectivity index (χ0v) is 12.2. The molecule has 0 aromatic rings. The van der Waals surface area contributed by atoms with Gasteiger partial charge in [0, 0.05) is 13.6 Å². The number of rotatable bonds is 5. The first-order chi connectivity index (χ1) is 8.33. The fraction of sp³-hybridized carbons (Fsp3) is 0.857. The summed E-state index contributed by atoms with van der Waals surface area (Å²) in [6.07, 6.45) is 1.78. The lowest BCUT2D eigenvalue weighted by Gasteiger charge is -2.33. The average Bonchev–Trinajstić information content (AvgIpc) is 2.58. The van der Waals surface area contributed by atoms with Gasteiger partial charge in [0.25, 0.3) is 0 Å². The van der Waals surface area contributed by atoms with Crippen LogP contribution in [-0.2, 0) is 9.59 Å². The van der Waals surface area contributed by atoms with Crippen LogP contribution in [0.3, 0.4) is 0 Å². The number of carbonyl (C=O) groups excluding carboxylic acids is 2. The molecule has 4 heteroatoms. The van der Waals surface area contributed by atoms with Crippen molar-refractivity contribution in [2.45, 2.75) is 40.5 Å². The number of nitrogens with one attached hydrogen (secondary N) is 1. The lowest BCUT2D eigenvalue weighted by Crippen LogP contribution is -2.42. The molecule has 1 rings (SSSR count). The van der Waals surface area contributed by atoms with Crippen LogP contribution in [0.5, 0.6) is 0 Å². The minimum atomic E-state index is -0.262. The molecule has 1 saturated heterocycles. The lowest BCUT2D eigenvalue weighted by atomic mass is 9.70. The van der Waals surface area contributed by atoms with Crippen molar-refractivity contribution in [2.75, 3.05) is 20.1 Å². The van der Waals surface area contributed by atoms with Crippen molar-refractivity contribution >= 4 is 11.8 Å². The third kappa shape index (κ3) is 2.85. The number of nitrogens with zero attached hydrogens (tertiary/aromatic N) is 1. The van der Waals surface area contributed by atoms with Gasteiger partial charge in [0.05, 0.1) is 12.0 Å². The molecule has 0 radical (unpaired) electrons. The Kier molecular flexibility index (Phi) is 4.77. The maximum Gasteiger partial charge on any atom is 0.239 e. The summed E-state index contributed by atoms with van der Waals surface area (Å²) in [7, 11) is 1.60. The molecule has 1 N–H and O–H groups in total. The summed E-state index contributed by atoms with van der Waals surface area (Å²) >= 11 is 0. The van der Waals surface area contributed by atoms with Crippen LogP contribution in [0, 0.1) is 17.3 Å². The van der Waals surface area contributed by atoms with Crippen molar-refractivity contribution in [2.24, 2.45) is 17.3 Å². The second-order valence-electron chi connectivity index (χ2n) is 6.06. The second kappa shape index (κ2) is 5.72. The summed E-state index contributed by atoms with van der Waals surface area (Å²) in [6, 6.07) is 0. The molecule has 0 bridgehead atoms. The molecule has 1 aliphatic rings. The highest BCUT2D eigenvalue weighted by Crippen LogP contribution is 2.44. The number of likely N-dealkylation sites (tertiary alicyclic amines) is 1. The average molecular weight is 254 g/mol. The molecule has 1 unspecified atom stereocenters. The molecule has 0 aliphatic carbocycles. The Balaban J connectivity index is 2.84. The maximum absolute atomic E-state index is 12.6. The van der Waals surface area contributed by atoms with Crippen LogP contribution < -0.4 is 5.32 Å². The molecule has 1 heterocycles. The predicted molar refractivity (Wildman–Crippen MR) is 72.0 cm³/mol. The highest BCUT2D eigenvalue weighted by Gasteiger charge is 2.48. The number of amides is 2. The fourth-order valence-electron chi connectivity index (χ4n) is 2.95. The van der Waals surface area contributed by atoms with Gasteiger partial charge in [-0.15, -0.1) is 0 Å². The third-order valence-corrected chi connectivity index (χ3v) is 4.03. The van der Waals surface area contributed by atoms with Gasteiger partial charge in [0.15, 0.2) is 0 Å². The topological polar surface area (TPSA) is 49.4 Å². The van der Waals surface area contributed by atoms with E-state index in [1.165, 1.54) is 0 Å². The zero-order valence-electron chi connectivity index (χ0n) is 12.2. The van der Waals surface area contributed by atoms with Crippen molar-refractivity contribution in [1.29, 1.82) is 0 Å². The second-order valence-corrected chi connectivity index (χ2v) is 6.06. The van der Waals surface area contributed by atoms with Crippen LogP contribution in [0.4, 0.5) is 0 Å². The van der Waals surface area contributed by atoms with Crippen molar-refractivity contribution in [1.82, 2.24) is 10.2 Å². The summed E-state index contributed by atoms with van der Waals surface area (Å²) in [5.41, 5.74) is -0.262. The highest BCUT2D eigenvalue weighted by molar-refractivity contribution is 5.89. The standard InChI is InChI=1S/C14H26N2O2/c1-10(2)8-14(11(3)4)6-7-16(13(14)18)9-12(17)15-5/h10-11H,6-9H2,1-5H3,(H,15,17). The van der Waals surface area contributed by atoms with Gasteiger partial charge in [-0.3, -0.25) is 9.59 Å². The van der Waals surface area contributed by atoms with E-state index in [-0.39, 0.29) is 23.8 Å². The van der Waals surface area contributed by atoms with Gasteiger partial charge in [-0.05, 0) is 24.7 Å². The first-order valence-corrected chi connectivity index (χ1v) is 6.83. The first kappa shape index (κ1) is 15.0. The summed E-state index contributed by atoms with van der Waals surface area (Å²) in [5, 5.41) is 2.58. The van der Waals surface area contributed by atoms with Crippen LogP contribution in [0.25, 0.3) is 0 Å². The highest BCUT2D eigenvalue weighted by atomic mass is 16.2. The fourth-order valence-corrected chi connectivity index (χ4v) is 2.95. The van der Waals surface area contributed by atoms with Gasteiger partial charge >= 0.3 is 0 Å². The van der Waals surface area contributed by atoms with Gasteiger partial charge in [-0.2, -0.15) is 0 Å². The van der Waals surface area contributed by atoms with Crippen LogP contribution in [0.2, 0.25) is 0 Å². The Morgan fingerprint density at radius 2 is 2.00 bits per heavy atom. The molecule has 4 nitrogen and oxygen atoms in total. The Morgan fingerprint density at radius 3 is 2.44 bits per heavy atom.